The second-order valence-corrected chi connectivity index (χ2v) is 6.47. The molecule has 18 heavy (non-hydrogen) atoms. The normalized spacial score (nSPS) is 21.9. The van der Waals surface area contributed by atoms with Gasteiger partial charge in [0.1, 0.15) is 5.54 Å². The van der Waals surface area contributed by atoms with Gasteiger partial charge in [0.25, 0.3) is 0 Å². The average Bonchev–Trinajstić information content (AvgIpc) is 2.30. The van der Waals surface area contributed by atoms with Crippen molar-refractivity contribution in [1.29, 1.82) is 0 Å². The van der Waals surface area contributed by atoms with Crippen LogP contribution in [0.3, 0.4) is 0 Å². The van der Waals surface area contributed by atoms with Crippen LogP contribution in [-0.2, 0) is 9.53 Å². The second kappa shape index (κ2) is 6.02. The summed E-state index contributed by atoms with van der Waals surface area (Å²) in [6, 6.07) is 0. The maximum absolute atomic E-state index is 12.1. The van der Waals surface area contributed by atoms with E-state index in [1.165, 1.54) is 7.11 Å². The van der Waals surface area contributed by atoms with Crippen LogP contribution in [-0.4, -0.2) is 50.7 Å². The van der Waals surface area contributed by atoms with Gasteiger partial charge in [0, 0.05) is 13.1 Å². The molecule has 1 N–H and O–H groups in total. The maximum Gasteiger partial charge on any atom is 0.326 e. The Labute approximate surface area is 111 Å². The van der Waals surface area contributed by atoms with Gasteiger partial charge in [0.15, 0.2) is 0 Å². The lowest BCUT2D eigenvalue weighted by Crippen LogP contribution is -2.56. The number of nitrogens with zero attached hydrogens (tertiary/aromatic N) is 1. The molecule has 1 aliphatic carbocycles. The fraction of sp³-hybridized carbons (Fsp3) is 0.929. The van der Waals surface area contributed by atoms with Gasteiger partial charge in [-0.25, -0.2) is 0 Å². The van der Waals surface area contributed by atoms with Crippen LogP contribution in [0.25, 0.3) is 0 Å². The topological polar surface area (TPSA) is 41.6 Å². The minimum absolute atomic E-state index is 0.100. The van der Waals surface area contributed by atoms with Crippen LogP contribution in [0.1, 0.15) is 39.5 Å². The van der Waals surface area contributed by atoms with E-state index in [1.807, 2.05) is 14.1 Å². The predicted octanol–water partition coefficient (Wildman–Crippen LogP) is 1.65. The molecule has 0 heterocycles. The van der Waals surface area contributed by atoms with E-state index in [9.17, 15) is 4.79 Å². The molecule has 1 fully saturated rings. The first-order valence-corrected chi connectivity index (χ1v) is 6.79. The first-order valence-electron chi connectivity index (χ1n) is 6.79. The monoisotopic (exact) mass is 256 g/mol. The number of ether oxygens (including phenoxy) is 1. The van der Waals surface area contributed by atoms with E-state index in [0.717, 1.165) is 38.8 Å². The molecule has 1 aliphatic rings. The molecular formula is C14H28N2O2. The number of rotatable bonds is 5. The number of nitrogens with one attached hydrogen (secondary N) is 1. The van der Waals surface area contributed by atoms with Crippen molar-refractivity contribution in [2.24, 2.45) is 5.41 Å². The highest BCUT2D eigenvalue weighted by atomic mass is 16.5. The summed E-state index contributed by atoms with van der Waals surface area (Å²) < 4.78 is 5.00. The van der Waals surface area contributed by atoms with E-state index in [-0.39, 0.29) is 5.97 Å². The SMILES string of the molecule is COC(=O)C1(NCCN(C)C)CCC(C)(C)CC1. The van der Waals surface area contributed by atoms with Crippen LogP contribution < -0.4 is 5.32 Å². The first kappa shape index (κ1) is 15.4. The zero-order chi connectivity index (χ0) is 13.8. The van der Waals surface area contributed by atoms with E-state index in [2.05, 4.69) is 24.1 Å². The fourth-order valence-corrected chi connectivity index (χ4v) is 2.52. The Morgan fingerprint density at radius 2 is 1.78 bits per heavy atom. The van der Waals surface area contributed by atoms with Crippen LogP contribution in [0.4, 0.5) is 0 Å². The van der Waals surface area contributed by atoms with Crippen molar-refractivity contribution >= 4 is 5.97 Å². The third-order valence-corrected chi connectivity index (χ3v) is 4.06. The van der Waals surface area contributed by atoms with Gasteiger partial charge in [-0.15, -0.1) is 0 Å². The minimum Gasteiger partial charge on any atom is -0.468 e. The molecule has 0 spiro atoms. The van der Waals surface area contributed by atoms with Gasteiger partial charge < -0.3 is 15.0 Å². The lowest BCUT2D eigenvalue weighted by atomic mass is 9.69. The summed E-state index contributed by atoms with van der Waals surface area (Å²) in [6.45, 7) is 6.30. The van der Waals surface area contributed by atoms with Crippen molar-refractivity contribution in [3.63, 3.8) is 0 Å². The molecule has 0 aliphatic heterocycles. The van der Waals surface area contributed by atoms with E-state index in [4.69, 9.17) is 4.74 Å². The predicted molar refractivity (Wildman–Crippen MR) is 73.6 cm³/mol. The van der Waals surface area contributed by atoms with Crippen molar-refractivity contribution in [3.8, 4) is 0 Å². The number of carbonyl (C=O) groups is 1. The second-order valence-electron chi connectivity index (χ2n) is 6.47. The molecule has 1 rings (SSSR count). The van der Waals surface area contributed by atoms with Gasteiger partial charge in [-0.2, -0.15) is 0 Å². The summed E-state index contributed by atoms with van der Waals surface area (Å²) in [7, 11) is 5.56. The molecule has 0 aromatic rings. The van der Waals surface area contributed by atoms with E-state index < -0.39 is 5.54 Å². The highest BCUT2D eigenvalue weighted by Crippen LogP contribution is 2.40. The van der Waals surface area contributed by atoms with Gasteiger partial charge in [-0.3, -0.25) is 4.79 Å². The molecule has 0 bridgehead atoms. The highest BCUT2D eigenvalue weighted by molar-refractivity contribution is 5.80. The molecule has 106 valence electrons. The molecule has 0 amide bonds. The molecule has 1 saturated carbocycles. The molecular weight excluding hydrogens is 228 g/mol. The minimum atomic E-state index is -0.458. The van der Waals surface area contributed by atoms with Crippen molar-refractivity contribution in [3.05, 3.63) is 0 Å². The Bertz CT molecular complexity index is 278. The number of likely N-dealkylation sites (N-methyl/N-ethyl adjacent to an activating group) is 1. The van der Waals surface area contributed by atoms with Crippen LogP contribution in [0.5, 0.6) is 0 Å². The summed E-state index contributed by atoms with van der Waals surface area (Å²) in [4.78, 5) is 14.2. The molecule has 4 nitrogen and oxygen atoms in total. The number of hydrogen-bond acceptors (Lipinski definition) is 4. The van der Waals surface area contributed by atoms with Crippen LogP contribution in [0, 0.1) is 5.41 Å². The van der Waals surface area contributed by atoms with Crippen LogP contribution in [0.15, 0.2) is 0 Å². The summed E-state index contributed by atoms with van der Waals surface area (Å²) in [5.74, 6) is -0.100. The van der Waals surface area contributed by atoms with Crippen LogP contribution >= 0.6 is 0 Å². The smallest absolute Gasteiger partial charge is 0.326 e. The Balaban J connectivity index is 2.63. The third kappa shape index (κ3) is 3.95. The first-order chi connectivity index (χ1) is 8.31. The standard InChI is InChI=1S/C14H28N2O2/c1-13(2)6-8-14(9-7-13,12(17)18-5)15-10-11-16(3)4/h15H,6-11H2,1-5H3. The number of esters is 1. The lowest BCUT2D eigenvalue weighted by Gasteiger charge is -2.42. The van der Waals surface area contributed by atoms with Gasteiger partial charge in [-0.1, -0.05) is 13.8 Å². The molecule has 4 heteroatoms. The quantitative estimate of drug-likeness (QED) is 0.760. The number of hydrogen-bond donors (Lipinski definition) is 1. The molecule has 0 saturated heterocycles. The van der Waals surface area contributed by atoms with Crippen molar-refractivity contribution < 1.29 is 9.53 Å². The molecule has 0 radical (unpaired) electrons. The van der Waals surface area contributed by atoms with E-state index >= 15 is 0 Å². The fourth-order valence-electron chi connectivity index (χ4n) is 2.52. The van der Waals surface area contributed by atoms with Gasteiger partial charge >= 0.3 is 5.97 Å². The van der Waals surface area contributed by atoms with E-state index in [1.54, 1.807) is 0 Å². The Kier molecular flexibility index (Phi) is 5.17. The molecule has 0 aromatic heterocycles. The Hall–Kier alpha value is -0.610. The number of methoxy groups -OCH3 is 1. The highest BCUT2D eigenvalue weighted by Gasteiger charge is 2.44. The van der Waals surface area contributed by atoms with Gasteiger partial charge in [0.2, 0.25) is 0 Å². The van der Waals surface area contributed by atoms with E-state index in [0.29, 0.717) is 5.41 Å². The van der Waals surface area contributed by atoms with Crippen molar-refractivity contribution in [2.75, 3.05) is 34.3 Å². The largest absolute Gasteiger partial charge is 0.468 e. The van der Waals surface area contributed by atoms with Gasteiger partial charge in [-0.05, 0) is 45.2 Å². The van der Waals surface area contributed by atoms with Gasteiger partial charge in [0.05, 0.1) is 7.11 Å². The summed E-state index contributed by atoms with van der Waals surface area (Å²) in [5, 5.41) is 3.44. The van der Waals surface area contributed by atoms with Crippen molar-refractivity contribution in [1.82, 2.24) is 10.2 Å². The number of carbonyl (C=O) groups excluding carboxylic acids is 1. The molecule has 0 aromatic carbocycles. The van der Waals surface area contributed by atoms with Crippen molar-refractivity contribution in [2.45, 2.75) is 45.1 Å². The average molecular weight is 256 g/mol. The summed E-state index contributed by atoms with van der Waals surface area (Å²) in [5.41, 5.74) is -0.110. The molecule has 0 atom stereocenters. The van der Waals surface area contributed by atoms with Crippen LogP contribution in [0.2, 0.25) is 0 Å². The summed E-state index contributed by atoms with van der Waals surface area (Å²) >= 11 is 0. The zero-order valence-electron chi connectivity index (χ0n) is 12.5. The lowest BCUT2D eigenvalue weighted by molar-refractivity contribution is -0.151. The maximum atomic E-state index is 12.1. The third-order valence-electron chi connectivity index (χ3n) is 4.06. The molecule has 0 unspecified atom stereocenters. The zero-order valence-corrected chi connectivity index (χ0v) is 12.5. The Morgan fingerprint density at radius 3 is 2.22 bits per heavy atom. The summed E-state index contributed by atoms with van der Waals surface area (Å²) in [6.07, 6.45) is 3.88. The Morgan fingerprint density at radius 1 is 1.22 bits per heavy atom.